The van der Waals surface area contributed by atoms with E-state index in [9.17, 15) is 4.79 Å². The first kappa shape index (κ1) is 19.0. The summed E-state index contributed by atoms with van der Waals surface area (Å²) < 4.78 is 10.8. The van der Waals surface area contributed by atoms with E-state index in [1.807, 2.05) is 12.1 Å². The molecule has 1 heterocycles. The number of benzene rings is 2. The molecule has 148 valence electrons. The zero-order chi connectivity index (χ0) is 19.5. The fourth-order valence-corrected chi connectivity index (χ4v) is 4.71. The van der Waals surface area contributed by atoms with E-state index in [0.29, 0.717) is 17.4 Å². The Morgan fingerprint density at radius 1 is 1.00 bits per heavy atom. The molecule has 0 spiro atoms. The van der Waals surface area contributed by atoms with Gasteiger partial charge in [0, 0.05) is 18.0 Å². The van der Waals surface area contributed by atoms with Gasteiger partial charge in [-0.05, 0) is 68.0 Å². The highest BCUT2D eigenvalue weighted by atomic mass is 16.5. The van der Waals surface area contributed by atoms with Crippen molar-refractivity contribution in [3.05, 3.63) is 59.2 Å². The van der Waals surface area contributed by atoms with Crippen LogP contribution in [0, 0.1) is 11.8 Å². The SMILES string of the molecule is COc1cc2c(cc1O[11CH3])C(=O)C(CC1CCN(Cc3ccccc3)CC1)C2. The maximum absolute atomic E-state index is 12.9. The second-order valence-electron chi connectivity index (χ2n) is 8.07. The summed E-state index contributed by atoms with van der Waals surface area (Å²) in [7, 11) is 3.26. The van der Waals surface area contributed by atoms with Gasteiger partial charge in [0.2, 0.25) is 0 Å². The third-order valence-corrected chi connectivity index (χ3v) is 6.29. The van der Waals surface area contributed by atoms with E-state index in [4.69, 9.17) is 9.47 Å². The number of piperidine rings is 1. The second kappa shape index (κ2) is 8.36. The van der Waals surface area contributed by atoms with Gasteiger partial charge in [0.1, 0.15) is 0 Å². The summed E-state index contributed by atoms with van der Waals surface area (Å²) in [6.45, 7) is 3.27. The summed E-state index contributed by atoms with van der Waals surface area (Å²) in [5.74, 6) is 2.38. The average Bonchev–Trinajstić information content (AvgIpc) is 3.03. The van der Waals surface area contributed by atoms with Crippen LogP contribution >= 0.6 is 0 Å². The summed E-state index contributed by atoms with van der Waals surface area (Å²) in [6, 6.07) is 14.5. The maximum atomic E-state index is 12.9. The van der Waals surface area contributed by atoms with Crippen LogP contribution in [-0.4, -0.2) is 38.0 Å². The summed E-state index contributed by atoms with van der Waals surface area (Å²) in [6.07, 6.45) is 4.19. The number of rotatable bonds is 6. The second-order valence-corrected chi connectivity index (χ2v) is 8.07. The Balaban J connectivity index is 1.34. The summed E-state index contributed by atoms with van der Waals surface area (Å²) >= 11 is 0. The third-order valence-electron chi connectivity index (χ3n) is 6.29. The van der Waals surface area contributed by atoms with Gasteiger partial charge < -0.3 is 9.47 Å². The fraction of sp³-hybridized carbons (Fsp3) is 0.458. The Bertz CT molecular complexity index is 825. The van der Waals surface area contributed by atoms with Crippen LogP contribution in [0.4, 0.5) is 0 Å². The minimum absolute atomic E-state index is 0.109. The molecule has 4 rings (SSSR count). The van der Waals surface area contributed by atoms with Crippen molar-refractivity contribution in [1.82, 2.24) is 4.90 Å². The largest absolute Gasteiger partial charge is 0.493 e. The van der Waals surface area contributed by atoms with Crippen LogP contribution < -0.4 is 9.47 Å². The molecule has 1 aliphatic carbocycles. The fourth-order valence-electron chi connectivity index (χ4n) is 4.71. The molecule has 1 saturated heterocycles. The highest BCUT2D eigenvalue weighted by molar-refractivity contribution is 6.02. The van der Waals surface area contributed by atoms with Crippen LogP contribution in [0.3, 0.4) is 0 Å². The lowest BCUT2D eigenvalue weighted by Crippen LogP contribution is -2.34. The zero-order valence-electron chi connectivity index (χ0n) is 16.8. The van der Waals surface area contributed by atoms with Crippen molar-refractivity contribution in [2.24, 2.45) is 11.8 Å². The van der Waals surface area contributed by atoms with Gasteiger partial charge in [0.05, 0.1) is 14.2 Å². The van der Waals surface area contributed by atoms with Crippen LogP contribution in [0.1, 0.15) is 40.7 Å². The van der Waals surface area contributed by atoms with Crippen LogP contribution in [-0.2, 0) is 13.0 Å². The molecule has 0 bridgehead atoms. The minimum Gasteiger partial charge on any atom is -0.493 e. The smallest absolute Gasteiger partial charge is 0.166 e. The molecule has 1 aliphatic heterocycles. The third kappa shape index (κ3) is 3.93. The van der Waals surface area contributed by atoms with Gasteiger partial charge in [0.25, 0.3) is 0 Å². The zero-order valence-corrected chi connectivity index (χ0v) is 16.8. The molecular formula is C24H29NO3. The average molecular weight is 379 g/mol. The number of carbonyl (C=O) groups is 1. The molecule has 1 fully saturated rings. The minimum atomic E-state index is 0.109. The summed E-state index contributed by atoms with van der Waals surface area (Å²) in [5.41, 5.74) is 3.31. The van der Waals surface area contributed by atoms with E-state index in [-0.39, 0.29) is 11.7 Å². The van der Waals surface area contributed by atoms with Crippen molar-refractivity contribution in [3.8, 4) is 11.5 Å². The number of carbonyl (C=O) groups excluding carboxylic acids is 1. The number of hydrogen-bond donors (Lipinski definition) is 0. The van der Waals surface area contributed by atoms with Crippen LogP contribution in [0.25, 0.3) is 0 Å². The molecular weight excluding hydrogens is 349 g/mol. The van der Waals surface area contributed by atoms with Crippen LogP contribution in [0.5, 0.6) is 11.5 Å². The van der Waals surface area contributed by atoms with Crippen LogP contribution in [0.15, 0.2) is 42.5 Å². The highest BCUT2D eigenvalue weighted by Gasteiger charge is 2.34. The van der Waals surface area contributed by atoms with Gasteiger partial charge in [-0.25, -0.2) is 0 Å². The van der Waals surface area contributed by atoms with Gasteiger partial charge >= 0.3 is 0 Å². The molecule has 4 heteroatoms. The Kier molecular flexibility index (Phi) is 5.67. The number of nitrogens with zero attached hydrogens (tertiary/aromatic N) is 1. The topological polar surface area (TPSA) is 38.8 Å². The number of likely N-dealkylation sites (tertiary alicyclic amines) is 1. The Labute approximate surface area is 167 Å². The van der Waals surface area contributed by atoms with E-state index < -0.39 is 0 Å². The van der Waals surface area contributed by atoms with Crippen LogP contribution in [0.2, 0.25) is 0 Å². The number of methoxy groups -OCH3 is 2. The van der Waals surface area contributed by atoms with E-state index in [2.05, 4.69) is 35.2 Å². The lowest BCUT2D eigenvalue weighted by Gasteiger charge is -2.32. The molecule has 0 N–H and O–H groups in total. The van der Waals surface area contributed by atoms with E-state index >= 15 is 0 Å². The normalized spacial score (nSPS) is 20.2. The molecule has 0 radical (unpaired) electrons. The number of ketones is 1. The predicted molar refractivity (Wildman–Crippen MR) is 110 cm³/mol. The lowest BCUT2D eigenvalue weighted by atomic mass is 9.85. The van der Waals surface area contributed by atoms with E-state index in [1.54, 1.807) is 14.2 Å². The first-order chi connectivity index (χ1) is 13.7. The molecule has 4 nitrogen and oxygen atoms in total. The molecule has 1 unspecified atom stereocenters. The first-order valence-electron chi connectivity index (χ1n) is 10.2. The number of hydrogen-bond acceptors (Lipinski definition) is 4. The van der Waals surface area contributed by atoms with Gasteiger partial charge in [-0.15, -0.1) is 0 Å². The Morgan fingerprint density at radius 3 is 2.36 bits per heavy atom. The molecule has 28 heavy (non-hydrogen) atoms. The lowest BCUT2D eigenvalue weighted by molar-refractivity contribution is 0.0895. The Morgan fingerprint density at radius 2 is 1.68 bits per heavy atom. The molecule has 0 aromatic heterocycles. The van der Waals surface area contributed by atoms with Crippen molar-refractivity contribution in [1.29, 1.82) is 0 Å². The van der Waals surface area contributed by atoms with Gasteiger partial charge in [-0.3, -0.25) is 9.69 Å². The molecule has 2 aliphatic rings. The van der Waals surface area contributed by atoms with E-state index in [1.165, 1.54) is 18.4 Å². The van der Waals surface area contributed by atoms with Gasteiger partial charge in [0.15, 0.2) is 17.3 Å². The van der Waals surface area contributed by atoms with Gasteiger partial charge in [-0.2, -0.15) is 0 Å². The monoisotopic (exact) mass is 378 g/mol. The number of Topliss-reactive ketones (excluding diaryl/α,β-unsaturated/α-hetero) is 1. The van der Waals surface area contributed by atoms with E-state index in [0.717, 1.165) is 43.6 Å². The summed E-state index contributed by atoms with van der Waals surface area (Å²) in [4.78, 5) is 15.5. The number of fused-ring (bicyclic) bond motifs is 1. The Hall–Kier alpha value is -2.33. The maximum Gasteiger partial charge on any atom is 0.166 e. The molecule has 2 aromatic rings. The van der Waals surface area contributed by atoms with Crippen molar-refractivity contribution in [2.45, 2.75) is 32.2 Å². The quantitative estimate of drug-likeness (QED) is 0.749. The molecule has 0 amide bonds. The first-order valence-corrected chi connectivity index (χ1v) is 10.2. The summed E-state index contributed by atoms with van der Waals surface area (Å²) in [5, 5.41) is 0. The standard InChI is InChI=1S/C24H29NO3/c1-27-22-14-19-13-20(24(26)21(19)15-23(22)28-2)12-17-8-10-25(11-9-17)16-18-6-4-3-5-7-18/h3-7,14-15,17,20H,8-13,16H2,1-2H3/i2-1. The van der Waals surface area contributed by atoms with Crippen molar-refractivity contribution >= 4 is 5.78 Å². The molecule has 1 atom stereocenters. The van der Waals surface area contributed by atoms with Gasteiger partial charge in [-0.1, -0.05) is 30.3 Å². The predicted octanol–water partition coefficient (Wildman–Crippen LogP) is 4.36. The molecule has 0 saturated carbocycles. The van der Waals surface area contributed by atoms with Crippen molar-refractivity contribution < 1.29 is 14.3 Å². The molecule has 2 aromatic carbocycles. The number of ether oxygens (including phenoxy) is 2. The van der Waals surface area contributed by atoms with Crippen molar-refractivity contribution in [2.75, 3.05) is 27.3 Å². The van der Waals surface area contributed by atoms with Crippen molar-refractivity contribution in [3.63, 3.8) is 0 Å². The highest BCUT2D eigenvalue weighted by Crippen LogP contribution is 2.39.